The average Bonchev–Trinajstić information content (AvgIpc) is 2.27. The van der Waals surface area contributed by atoms with Crippen LogP contribution in [0.4, 0.5) is 26.7 Å². The van der Waals surface area contributed by atoms with Crippen LogP contribution in [-0.2, 0) is 4.74 Å². The molecule has 1 heterocycles. The molecule has 0 unspecified atom stereocenters. The van der Waals surface area contributed by atoms with E-state index in [0.717, 1.165) is 0 Å². The number of alkyl halides is 2. The van der Waals surface area contributed by atoms with E-state index in [9.17, 15) is 26.7 Å². The molecule has 0 aliphatic carbocycles. The van der Waals surface area contributed by atoms with Crippen molar-refractivity contribution in [3.05, 3.63) is 35.1 Å². The van der Waals surface area contributed by atoms with Crippen molar-refractivity contribution in [1.29, 1.82) is 0 Å². The van der Waals surface area contributed by atoms with Crippen LogP contribution >= 0.6 is 0 Å². The molecule has 0 aromatic heterocycles. The molecule has 0 spiro atoms. The van der Waals surface area contributed by atoms with E-state index in [4.69, 9.17) is 0 Å². The first kappa shape index (κ1) is 12.6. The van der Waals surface area contributed by atoms with Gasteiger partial charge in [0.1, 0.15) is 11.9 Å². The van der Waals surface area contributed by atoms with E-state index in [1.165, 1.54) is 0 Å². The van der Waals surface area contributed by atoms with Crippen molar-refractivity contribution in [3.63, 3.8) is 0 Å². The Labute approximate surface area is 97.5 Å². The third kappa shape index (κ3) is 2.09. The maximum absolute atomic E-state index is 13.4. The maximum atomic E-state index is 13.4. The van der Waals surface area contributed by atoms with Gasteiger partial charge in [-0.15, -0.1) is 0 Å². The Morgan fingerprint density at radius 2 is 1.78 bits per heavy atom. The van der Waals surface area contributed by atoms with Crippen LogP contribution in [0.1, 0.15) is 11.6 Å². The predicted octanol–water partition coefficient (Wildman–Crippen LogP) is 2.52. The van der Waals surface area contributed by atoms with Crippen LogP contribution < -0.4 is 5.32 Å². The highest BCUT2D eigenvalue weighted by Crippen LogP contribution is 2.36. The van der Waals surface area contributed by atoms with E-state index < -0.39 is 47.7 Å². The number of hydrogen-bond donors (Lipinski definition) is 1. The lowest BCUT2D eigenvalue weighted by atomic mass is 9.99. The first-order valence-electron chi connectivity index (χ1n) is 4.77. The molecule has 1 saturated heterocycles. The first-order chi connectivity index (χ1) is 8.31. The largest absolute Gasteiger partial charge is 0.443 e. The molecule has 8 heteroatoms. The van der Waals surface area contributed by atoms with E-state index in [-0.39, 0.29) is 12.1 Å². The second-order valence-corrected chi connectivity index (χ2v) is 3.70. The van der Waals surface area contributed by atoms with E-state index in [0.29, 0.717) is 0 Å². The molecule has 0 saturated carbocycles. The molecule has 1 aromatic rings. The smallest absolute Gasteiger partial charge is 0.408 e. The summed E-state index contributed by atoms with van der Waals surface area (Å²) in [4.78, 5) is 10.8. The van der Waals surface area contributed by atoms with Crippen LogP contribution in [0.15, 0.2) is 12.1 Å². The predicted molar refractivity (Wildman–Crippen MR) is 48.5 cm³/mol. The number of rotatable bonds is 1. The number of amides is 1. The summed E-state index contributed by atoms with van der Waals surface area (Å²) in [6.07, 6.45) is -1.19. The number of nitrogens with one attached hydrogen (secondary N) is 1. The number of carbonyl (C=O) groups is 1. The summed E-state index contributed by atoms with van der Waals surface area (Å²) in [6.45, 7) is -1.26. The average molecular weight is 267 g/mol. The van der Waals surface area contributed by atoms with Crippen molar-refractivity contribution >= 4 is 6.09 Å². The van der Waals surface area contributed by atoms with Gasteiger partial charge in [0.05, 0.1) is 0 Å². The summed E-state index contributed by atoms with van der Waals surface area (Å²) in [5.41, 5.74) is -0.837. The number of carbonyl (C=O) groups excluding carboxylic acids is 1. The molecule has 1 N–H and O–H groups in total. The van der Waals surface area contributed by atoms with Crippen LogP contribution in [0.5, 0.6) is 0 Å². The minimum absolute atomic E-state index is 0.141. The Kier molecular flexibility index (Phi) is 2.88. The third-order valence-electron chi connectivity index (χ3n) is 2.43. The standard InChI is InChI=1S/C10H6F5NO2/c11-5-2-7(13)6(12)1-4(5)8-10(14,15)3-18-9(17)16-8/h1-2,8H,3H2,(H,16,17)/t8-/m0/s1. The molecule has 1 amide bonds. The highest BCUT2D eigenvalue weighted by molar-refractivity contribution is 5.69. The zero-order valence-corrected chi connectivity index (χ0v) is 8.65. The topological polar surface area (TPSA) is 38.3 Å². The molecule has 1 aliphatic rings. The minimum Gasteiger partial charge on any atom is -0.443 e. The Morgan fingerprint density at radius 1 is 1.17 bits per heavy atom. The molecule has 0 radical (unpaired) electrons. The van der Waals surface area contributed by atoms with Gasteiger partial charge in [-0.2, -0.15) is 0 Å². The van der Waals surface area contributed by atoms with Crippen molar-refractivity contribution in [2.45, 2.75) is 12.0 Å². The molecule has 18 heavy (non-hydrogen) atoms. The molecule has 1 fully saturated rings. The molecular formula is C10H6F5NO2. The summed E-state index contributed by atoms with van der Waals surface area (Å²) >= 11 is 0. The molecular weight excluding hydrogens is 261 g/mol. The van der Waals surface area contributed by atoms with Crippen molar-refractivity contribution in [1.82, 2.24) is 5.32 Å². The SMILES string of the molecule is O=C1N[C@@H](c2cc(F)c(F)cc2F)C(F)(F)CO1. The summed E-state index contributed by atoms with van der Waals surface area (Å²) in [5.74, 6) is -7.99. The van der Waals surface area contributed by atoms with E-state index in [1.54, 1.807) is 5.32 Å². The van der Waals surface area contributed by atoms with Crippen LogP contribution in [0.3, 0.4) is 0 Å². The first-order valence-corrected chi connectivity index (χ1v) is 4.77. The Bertz CT molecular complexity index is 505. The van der Waals surface area contributed by atoms with Gasteiger partial charge in [0, 0.05) is 11.6 Å². The van der Waals surface area contributed by atoms with Crippen molar-refractivity contribution in [3.8, 4) is 0 Å². The number of hydrogen-bond acceptors (Lipinski definition) is 2. The van der Waals surface area contributed by atoms with Crippen LogP contribution in [-0.4, -0.2) is 18.6 Å². The number of halogens is 5. The zero-order valence-electron chi connectivity index (χ0n) is 8.65. The summed E-state index contributed by atoms with van der Waals surface area (Å²) in [6, 6.07) is -1.68. The van der Waals surface area contributed by atoms with Gasteiger partial charge in [-0.25, -0.2) is 26.7 Å². The third-order valence-corrected chi connectivity index (χ3v) is 2.43. The second kappa shape index (κ2) is 4.11. The van der Waals surface area contributed by atoms with Gasteiger partial charge in [-0.05, 0) is 6.07 Å². The molecule has 1 atom stereocenters. The lowest BCUT2D eigenvalue weighted by molar-refractivity contribution is -0.105. The summed E-state index contributed by atoms with van der Waals surface area (Å²) in [5, 5.41) is 1.67. The summed E-state index contributed by atoms with van der Waals surface area (Å²) < 4.78 is 69.9. The number of benzene rings is 1. The van der Waals surface area contributed by atoms with Gasteiger partial charge in [0.15, 0.2) is 18.2 Å². The van der Waals surface area contributed by atoms with Gasteiger partial charge in [0.25, 0.3) is 0 Å². The maximum Gasteiger partial charge on any atom is 0.408 e. The fraction of sp³-hybridized carbons (Fsp3) is 0.300. The molecule has 1 aromatic carbocycles. The van der Waals surface area contributed by atoms with Crippen molar-refractivity contribution < 1.29 is 31.5 Å². The van der Waals surface area contributed by atoms with Crippen molar-refractivity contribution in [2.75, 3.05) is 6.61 Å². The van der Waals surface area contributed by atoms with Crippen LogP contribution in [0.2, 0.25) is 0 Å². The lowest BCUT2D eigenvalue weighted by Crippen LogP contribution is -2.50. The minimum atomic E-state index is -3.63. The number of alkyl carbamates (subject to hydrolysis) is 1. The quantitative estimate of drug-likeness (QED) is 0.627. The fourth-order valence-corrected chi connectivity index (χ4v) is 1.57. The van der Waals surface area contributed by atoms with Gasteiger partial charge in [-0.1, -0.05) is 0 Å². The Hall–Kier alpha value is -1.86. The van der Waals surface area contributed by atoms with Gasteiger partial charge in [-0.3, -0.25) is 0 Å². The highest BCUT2D eigenvalue weighted by atomic mass is 19.3. The number of cyclic esters (lactones) is 1. The van der Waals surface area contributed by atoms with Gasteiger partial charge in [0.2, 0.25) is 0 Å². The normalized spacial score (nSPS) is 22.3. The van der Waals surface area contributed by atoms with E-state index >= 15 is 0 Å². The molecule has 2 rings (SSSR count). The summed E-state index contributed by atoms with van der Waals surface area (Å²) in [7, 11) is 0. The number of ether oxygens (including phenoxy) is 1. The molecule has 3 nitrogen and oxygen atoms in total. The molecule has 0 bridgehead atoms. The zero-order chi connectivity index (χ0) is 13.5. The Balaban J connectivity index is 2.46. The molecule has 98 valence electrons. The van der Waals surface area contributed by atoms with E-state index in [1.807, 2.05) is 0 Å². The second-order valence-electron chi connectivity index (χ2n) is 3.70. The van der Waals surface area contributed by atoms with Crippen LogP contribution in [0, 0.1) is 17.5 Å². The van der Waals surface area contributed by atoms with Crippen LogP contribution in [0.25, 0.3) is 0 Å². The fourth-order valence-electron chi connectivity index (χ4n) is 1.57. The van der Waals surface area contributed by atoms with E-state index in [2.05, 4.69) is 4.74 Å². The highest BCUT2D eigenvalue weighted by Gasteiger charge is 2.48. The molecule has 1 aliphatic heterocycles. The van der Waals surface area contributed by atoms with Gasteiger partial charge >= 0.3 is 12.0 Å². The monoisotopic (exact) mass is 267 g/mol. The van der Waals surface area contributed by atoms with Crippen molar-refractivity contribution in [2.24, 2.45) is 0 Å². The Morgan fingerprint density at radius 3 is 2.44 bits per heavy atom. The van der Waals surface area contributed by atoms with Gasteiger partial charge < -0.3 is 10.1 Å². The lowest BCUT2D eigenvalue weighted by Gasteiger charge is -2.31.